The Bertz CT molecular complexity index is 1210. The smallest absolute Gasteiger partial charge is 0.406 e. The number of anilines is 1. The van der Waals surface area contributed by atoms with Crippen molar-refractivity contribution in [1.29, 1.82) is 0 Å². The highest BCUT2D eigenvalue weighted by molar-refractivity contribution is 8.26. The number of alkyl halides is 3. The minimum Gasteiger partial charge on any atom is -0.406 e. The molecule has 2 saturated heterocycles. The number of carbonyl (C=O) groups is 1. The summed E-state index contributed by atoms with van der Waals surface area (Å²) in [5.74, 6) is 0.0937. The Morgan fingerprint density at radius 3 is 2.44 bits per heavy atom. The number of carbonyl (C=O) groups excluding carboxylic acids is 1. The highest BCUT2D eigenvalue weighted by Crippen LogP contribution is 2.67. The molecule has 5 rings (SSSR count). The second-order valence-corrected chi connectivity index (χ2v) is 12.1. The molecule has 3 N–H and O–H groups in total. The van der Waals surface area contributed by atoms with Crippen molar-refractivity contribution in [1.82, 2.24) is 10.3 Å². The van der Waals surface area contributed by atoms with E-state index >= 15 is 0 Å². The molecule has 2 aromatic carbocycles. The van der Waals surface area contributed by atoms with Crippen molar-refractivity contribution >= 4 is 28.0 Å². The zero-order chi connectivity index (χ0) is 25.9. The van der Waals surface area contributed by atoms with Crippen molar-refractivity contribution < 1.29 is 31.8 Å². The number of amides is 2. The van der Waals surface area contributed by atoms with E-state index in [9.17, 15) is 27.1 Å². The summed E-state index contributed by atoms with van der Waals surface area (Å²) in [7, 11) is -1.03. The number of hydrogen-bond acceptors (Lipinski definition) is 6. The lowest BCUT2D eigenvalue weighted by atomic mass is 9.92. The average molecular weight is 525 g/mol. The van der Waals surface area contributed by atoms with Crippen molar-refractivity contribution in [2.45, 2.75) is 36.9 Å². The van der Waals surface area contributed by atoms with E-state index in [0.29, 0.717) is 42.1 Å². The minimum atomic E-state index is -4.84. The van der Waals surface area contributed by atoms with E-state index in [0.717, 1.165) is 17.7 Å². The molecule has 2 aromatic rings. The van der Waals surface area contributed by atoms with Crippen LogP contribution in [-0.2, 0) is 6.42 Å². The van der Waals surface area contributed by atoms with Gasteiger partial charge in [0.15, 0.2) is 0 Å². The van der Waals surface area contributed by atoms with E-state index in [1.807, 2.05) is 19.1 Å². The largest absolute Gasteiger partial charge is 0.573 e. The molecular formula is C24H27F3N4O4S. The second-order valence-electron chi connectivity index (χ2n) is 9.48. The van der Waals surface area contributed by atoms with Crippen LogP contribution in [0.5, 0.6) is 5.75 Å². The number of benzene rings is 2. The van der Waals surface area contributed by atoms with Crippen LogP contribution in [0.15, 0.2) is 47.6 Å². The van der Waals surface area contributed by atoms with Crippen LogP contribution in [0.4, 0.5) is 23.7 Å². The first-order valence-electron chi connectivity index (χ1n) is 11.5. The van der Waals surface area contributed by atoms with Crippen LogP contribution in [0.3, 0.4) is 0 Å². The molecule has 0 bridgehead atoms. The summed E-state index contributed by atoms with van der Waals surface area (Å²) in [5, 5.41) is 8.43. The molecule has 1 spiro atoms. The van der Waals surface area contributed by atoms with Gasteiger partial charge in [0.25, 0.3) is 0 Å². The Balaban J connectivity index is 1.49. The number of nitrogens with one attached hydrogen (secondary N) is 1. The van der Waals surface area contributed by atoms with Crippen LogP contribution < -0.4 is 15.0 Å². The maximum Gasteiger partial charge on any atom is 0.573 e. The van der Waals surface area contributed by atoms with E-state index in [4.69, 9.17) is 0 Å². The summed E-state index contributed by atoms with van der Waals surface area (Å²) < 4.78 is 62.7. The molecular weight excluding hydrogens is 497 g/mol. The van der Waals surface area contributed by atoms with Gasteiger partial charge in [0.2, 0.25) is 0 Å². The van der Waals surface area contributed by atoms with Gasteiger partial charge in [-0.3, -0.25) is 9.11 Å². The number of rotatable bonds is 3. The van der Waals surface area contributed by atoms with E-state index in [-0.39, 0.29) is 11.8 Å². The lowest BCUT2D eigenvalue weighted by molar-refractivity contribution is -0.274. The number of urea groups is 1. The maximum atomic E-state index is 12.9. The molecule has 3 aliphatic heterocycles. The maximum absolute atomic E-state index is 12.9. The Morgan fingerprint density at radius 1 is 1.19 bits per heavy atom. The molecule has 8 nitrogen and oxygen atoms in total. The van der Waals surface area contributed by atoms with E-state index in [2.05, 4.69) is 20.1 Å². The molecule has 3 heterocycles. The van der Waals surface area contributed by atoms with Crippen LogP contribution >= 0.6 is 10.6 Å². The van der Waals surface area contributed by atoms with Crippen LogP contribution in [0, 0.1) is 0 Å². The Hall–Kier alpha value is -2.96. The lowest BCUT2D eigenvalue weighted by Gasteiger charge is -2.67. The first-order chi connectivity index (χ1) is 16.9. The summed E-state index contributed by atoms with van der Waals surface area (Å²) in [6.07, 6.45) is -3.65. The highest BCUT2D eigenvalue weighted by atomic mass is 32.3. The fourth-order valence-electron chi connectivity index (χ4n) is 4.99. The number of hydrogen-bond donors (Lipinski definition) is 3. The SMILES string of the molecule is CNC(=O)N1N=C(c2ccc(N3CC4(CCS4(O)O)C3)cc2)c2cc(OC(F)(F)F)ccc2C[C@@H]1C. The summed E-state index contributed by atoms with van der Waals surface area (Å²) in [5.41, 5.74) is 3.06. The van der Waals surface area contributed by atoms with Gasteiger partial charge in [0.05, 0.1) is 16.5 Å². The fourth-order valence-corrected chi connectivity index (χ4v) is 6.86. The molecule has 2 fully saturated rings. The van der Waals surface area contributed by atoms with Crippen molar-refractivity contribution in [3.05, 3.63) is 59.2 Å². The van der Waals surface area contributed by atoms with Crippen LogP contribution in [0.25, 0.3) is 0 Å². The zero-order valence-corrected chi connectivity index (χ0v) is 20.6. The summed E-state index contributed by atoms with van der Waals surface area (Å²) >= 11 is 0. The standard InChI is InChI=1S/C24H27F3N4O4S/c1-15-11-17-5-8-19(35-24(25,26)27)12-20(17)21(29-31(15)22(32)28-2)16-3-6-18(7-4-16)30-13-23(14-30)9-10-36(23,33)34/h3-8,12,15,33-34H,9-11,13-14H2,1-2H3,(H,28,32)/t15-/m0/s1. The van der Waals surface area contributed by atoms with E-state index < -0.39 is 27.7 Å². The molecule has 0 radical (unpaired) electrons. The summed E-state index contributed by atoms with van der Waals surface area (Å²) in [6, 6.07) is 10.7. The Morgan fingerprint density at radius 2 is 1.89 bits per heavy atom. The molecule has 3 aliphatic rings. The molecule has 194 valence electrons. The topological polar surface area (TPSA) is 97.6 Å². The van der Waals surface area contributed by atoms with Gasteiger partial charge < -0.3 is 15.0 Å². The number of hydrazone groups is 1. The molecule has 12 heteroatoms. The number of halogens is 3. The van der Waals surface area contributed by atoms with Crippen molar-refractivity contribution in [2.75, 3.05) is 30.8 Å². The third kappa shape index (κ3) is 4.27. The van der Waals surface area contributed by atoms with Gasteiger partial charge in [-0.25, -0.2) is 9.80 Å². The molecule has 0 saturated carbocycles. The predicted molar refractivity (Wildman–Crippen MR) is 132 cm³/mol. The molecule has 0 aliphatic carbocycles. The van der Waals surface area contributed by atoms with Gasteiger partial charge in [-0.1, -0.05) is 18.2 Å². The lowest BCUT2D eigenvalue weighted by Crippen LogP contribution is -2.69. The second kappa shape index (κ2) is 8.56. The highest BCUT2D eigenvalue weighted by Gasteiger charge is 2.59. The van der Waals surface area contributed by atoms with Gasteiger partial charge >= 0.3 is 12.4 Å². The fraction of sp³-hybridized carbons (Fsp3) is 0.417. The van der Waals surface area contributed by atoms with Crippen LogP contribution in [0.1, 0.15) is 30.0 Å². The van der Waals surface area contributed by atoms with Gasteiger partial charge in [0.1, 0.15) is 5.75 Å². The molecule has 0 unspecified atom stereocenters. The number of ether oxygens (including phenoxy) is 1. The van der Waals surface area contributed by atoms with Crippen molar-refractivity contribution in [3.8, 4) is 5.75 Å². The molecule has 36 heavy (non-hydrogen) atoms. The quantitative estimate of drug-likeness (QED) is 0.544. The third-order valence-electron chi connectivity index (χ3n) is 7.13. The molecule has 2 amide bonds. The normalized spacial score (nSPS) is 23.0. The van der Waals surface area contributed by atoms with Gasteiger partial charge in [-0.2, -0.15) is 15.7 Å². The van der Waals surface area contributed by atoms with Crippen molar-refractivity contribution in [3.63, 3.8) is 0 Å². The van der Waals surface area contributed by atoms with E-state index in [1.165, 1.54) is 24.2 Å². The predicted octanol–water partition coefficient (Wildman–Crippen LogP) is 4.64. The van der Waals surface area contributed by atoms with Crippen LogP contribution in [0.2, 0.25) is 0 Å². The zero-order valence-electron chi connectivity index (χ0n) is 19.7. The first kappa shape index (κ1) is 24.7. The summed E-state index contributed by atoms with van der Waals surface area (Å²) in [4.78, 5) is 14.6. The minimum absolute atomic E-state index is 0.339. The molecule has 0 aromatic heterocycles. The Kier molecular flexibility index (Phi) is 5.88. The number of fused-ring (bicyclic) bond motifs is 1. The molecule has 1 atom stereocenters. The summed E-state index contributed by atoms with van der Waals surface area (Å²) in [6.45, 7) is 2.95. The van der Waals surface area contributed by atoms with Crippen molar-refractivity contribution in [2.24, 2.45) is 5.10 Å². The average Bonchev–Trinajstić information content (AvgIpc) is 2.92. The van der Waals surface area contributed by atoms with Crippen LogP contribution in [-0.4, -0.2) is 68.9 Å². The van der Waals surface area contributed by atoms with E-state index in [1.54, 1.807) is 18.2 Å². The number of nitrogens with zero attached hydrogens (tertiary/aromatic N) is 3. The third-order valence-corrected chi connectivity index (χ3v) is 9.75. The Labute approximate surface area is 208 Å². The van der Waals surface area contributed by atoms with Gasteiger partial charge in [-0.05, 0) is 49.6 Å². The van der Waals surface area contributed by atoms with Gasteiger partial charge in [-0.15, -0.1) is 13.2 Å². The first-order valence-corrected chi connectivity index (χ1v) is 13.2. The van der Waals surface area contributed by atoms with Gasteiger partial charge in [0, 0.05) is 42.7 Å². The monoisotopic (exact) mass is 524 g/mol.